The normalized spacial score (nSPS) is 14.6. The van der Waals surface area contributed by atoms with Crippen molar-refractivity contribution >= 4 is 23.2 Å². The van der Waals surface area contributed by atoms with Gasteiger partial charge in [-0.2, -0.15) is 0 Å². The number of hydrogen-bond acceptors (Lipinski definition) is 3. The Labute approximate surface area is 179 Å². The Morgan fingerprint density at radius 1 is 1.03 bits per heavy atom. The van der Waals surface area contributed by atoms with E-state index in [0.717, 1.165) is 37.2 Å². The van der Waals surface area contributed by atoms with Gasteiger partial charge in [0.15, 0.2) is 0 Å². The summed E-state index contributed by atoms with van der Waals surface area (Å²) in [5.41, 5.74) is 3.89. The molecule has 0 aliphatic carbocycles. The molecule has 3 rings (SSSR count). The average molecular weight is 408 g/mol. The zero-order valence-electron chi connectivity index (χ0n) is 18.5. The second-order valence-electron chi connectivity index (χ2n) is 8.83. The summed E-state index contributed by atoms with van der Waals surface area (Å²) in [7, 11) is 0. The van der Waals surface area contributed by atoms with E-state index in [9.17, 15) is 9.59 Å². The summed E-state index contributed by atoms with van der Waals surface area (Å²) in [6.45, 7) is 10.9. The van der Waals surface area contributed by atoms with E-state index in [4.69, 9.17) is 0 Å². The Bertz CT molecular complexity index is 882. The summed E-state index contributed by atoms with van der Waals surface area (Å²) in [4.78, 5) is 27.9. The Kier molecular flexibility index (Phi) is 7.14. The topological polar surface area (TPSA) is 61.4 Å². The van der Waals surface area contributed by atoms with Crippen LogP contribution in [0.2, 0.25) is 0 Å². The van der Waals surface area contributed by atoms with Gasteiger partial charge in [-0.25, -0.2) is 0 Å². The standard InChI is InChI=1S/C25H33N3O2/c1-17(2)16-26-25(30)22-15-21(27-24(29)20-7-5-18(3)6-8-20)9-10-23(22)28-13-11-19(4)12-14-28/h5-10,15,17,19H,11-14,16H2,1-4H3,(H,26,30)(H,27,29). The van der Waals surface area contributed by atoms with Crippen molar-refractivity contribution < 1.29 is 9.59 Å². The predicted molar refractivity (Wildman–Crippen MR) is 123 cm³/mol. The van der Waals surface area contributed by atoms with Gasteiger partial charge in [0.25, 0.3) is 11.8 Å². The summed E-state index contributed by atoms with van der Waals surface area (Å²) in [5, 5.41) is 5.96. The number of carbonyl (C=O) groups is 2. The molecule has 160 valence electrons. The number of piperidine rings is 1. The van der Waals surface area contributed by atoms with Crippen LogP contribution in [0.25, 0.3) is 0 Å². The zero-order chi connectivity index (χ0) is 21.7. The van der Waals surface area contributed by atoms with E-state index in [1.165, 1.54) is 0 Å². The molecule has 0 saturated carbocycles. The molecule has 2 N–H and O–H groups in total. The number of benzene rings is 2. The number of nitrogens with one attached hydrogen (secondary N) is 2. The molecule has 5 heteroatoms. The minimum Gasteiger partial charge on any atom is -0.371 e. The van der Waals surface area contributed by atoms with Gasteiger partial charge in [0.2, 0.25) is 0 Å². The molecule has 1 saturated heterocycles. The van der Waals surface area contributed by atoms with Crippen molar-refractivity contribution in [3.8, 4) is 0 Å². The quantitative estimate of drug-likeness (QED) is 0.718. The van der Waals surface area contributed by atoms with Gasteiger partial charge in [0.05, 0.1) is 5.56 Å². The van der Waals surface area contributed by atoms with Gasteiger partial charge < -0.3 is 15.5 Å². The van der Waals surface area contributed by atoms with Gasteiger partial charge in [0.1, 0.15) is 0 Å². The minimum absolute atomic E-state index is 0.0937. The fourth-order valence-corrected chi connectivity index (χ4v) is 3.62. The van der Waals surface area contributed by atoms with Gasteiger partial charge in [0, 0.05) is 36.6 Å². The summed E-state index contributed by atoms with van der Waals surface area (Å²) in [5.74, 6) is 0.817. The van der Waals surface area contributed by atoms with E-state index < -0.39 is 0 Å². The summed E-state index contributed by atoms with van der Waals surface area (Å²) < 4.78 is 0. The maximum atomic E-state index is 13.0. The third-order valence-corrected chi connectivity index (χ3v) is 5.61. The van der Waals surface area contributed by atoms with Gasteiger partial charge in [-0.15, -0.1) is 0 Å². The molecular weight excluding hydrogens is 374 g/mol. The molecule has 0 atom stereocenters. The number of nitrogens with zero attached hydrogens (tertiary/aromatic N) is 1. The van der Waals surface area contributed by atoms with Crippen molar-refractivity contribution in [1.29, 1.82) is 0 Å². The van der Waals surface area contributed by atoms with Crippen LogP contribution in [-0.2, 0) is 0 Å². The van der Waals surface area contributed by atoms with Crippen LogP contribution in [0.5, 0.6) is 0 Å². The monoisotopic (exact) mass is 407 g/mol. The Morgan fingerprint density at radius 2 is 1.70 bits per heavy atom. The van der Waals surface area contributed by atoms with Crippen LogP contribution >= 0.6 is 0 Å². The van der Waals surface area contributed by atoms with Crippen molar-refractivity contribution in [3.63, 3.8) is 0 Å². The summed E-state index contributed by atoms with van der Waals surface area (Å²) in [6, 6.07) is 13.1. The molecule has 2 aromatic rings. The molecule has 1 aliphatic heterocycles. The number of rotatable bonds is 6. The van der Waals surface area contributed by atoms with Crippen molar-refractivity contribution in [2.45, 2.75) is 40.5 Å². The first-order valence-corrected chi connectivity index (χ1v) is 10.9. The Morgan fingerprint density at radius 3 is 2.33 bits per heavy atom. The average Bonchev–Trinajstić information content (AvgIpc) is 2.73. The van der Waals surface area contributed by atoms with Crippen molar-refractivity contribution in [2.24, 2.45) is 11.8 Å². The van der Waals surface area contributed by atoms with E-state index in [2.05, 4.69) is 36.3 Å². The fourth-order valence-electron chi connectivity index (χ4n) is 3.62. The van der Waals surface area contributed by atoms with Crippen LogP contribution in [0.4, 0.5) is 11.4 Å². The summed E-state index contributed by atoms with van der Waals surface area (Å²) >= 11 is 0. The van der Waals surface area contributed by atoms with Gasteiger partial charge in [-0.1, -0.05) is 38.5 Å². The highest BCUT2D eigenvalue weighted by Gasteiger charge is 2.22. The van der Waals surface area contributed by atoms with Crippen LogP contribution in [-0.4, -0.2) is 31.4 Å². The van der Waals surface area contributed by atoms with E-state index >= 15 is 0 Å². The lowest BCUT2D eigenvalue weighted by Gasteiger charge is -2.33. The molecule has 5 nitrogen and oxygen atoms in total. The molecule has 2 amide bonds. The van der Waals surface area contributed by atoms with Crippen molar-refractivity contribution in [3.05, 3.63) is 59.2 Å². The van der Waals surface area contributed by atoms with Gasteiger partial charge >= 0.3 is 0 Å². The first-order valence-electron chi connectivity index (χ1n) is 10.9. The van der Waals surface area contributed by atoms with E-state index in [-0.39, 0.29) is 11.8 Å². The third kappa shape index (κ3) is 5.62. The highest BCUT2D eigenvalue weighted by molar-refractivity contribution is 6.06. The number of amides is 2. The molecule has 0 bridgehead atoms. The lowest BCUT2D eigenvalue weighted by atomic mass is 9.97. The lowest BCUT2D eigenvalue weighted by molar-refractivity contribution is 0.0948. The smallest absolute Gasteiger partial charge is 0.255 e. The molecule has 2 aromatic carbocycles. The predicted octanol–water partition coefficient (Wildman–Crippen LogP) is 4.87. The van der Waals surface area contributed by atoms with Crippen LogP contribution < -0.4 is 15.5 Å². The number of anilines is 2. The highest BCUT2D eigenvalue weighted by atomic mass is 16.2. The van der Waals surface area contributed by atoms with Crippen LogP contribution in [0.1, 0.15) is 59.9 Å². The SMILES string of the molecule is Cc1ccc(C(=O)Nc2ccc(N3CCC(C)CC3)c(C(=O)NCC(C)C)c2)cc1. The molecule has 0 spiro atoms. The largest absolute Gasteiger partial charge is 0.371 e. The molecule has 0 aromatic heterocycles. The highest BCUT2D eigenvalue weighted by Crippen LogP contribution is 2.29. The molecule has 0 radical (unpaired) electrons. The molecule has 30 heavy (non-hydrogen) atoms. The first-order chi connectivity index (χ1) is 14.3. The van der Waals surface area contributed by atoms with Crippen molar-refractivity contribution in [2.75, 3.05) is 29.9 Å². The van der Waals surface area contributed by atoms with E-state index in [0.29, 0.717) is 35.2 Å². The molecule has 1 aliphatic rings. The molecule has 0 unspecified atom stereocenters. The first kappa shape index (κ1) is 21.9. The third-order valence-electron chi connectivity index (χ3n) is 5.61. The number of carbonyl (C=O) groups excluding carboxylic acids is 2. The maximum Gasteiger partial charge on any atom is 0.255 e. The molecule has 1 heterocycles. The second-order valence-corrected chi connectivity index (χ2v) is 8.83. The lowest BCUT2D eigenvalue weighted by Crippen LogP contribution is -2.35. The zero-order valence-corrected chi connectivity index (χ0v) is 18.5. The maximum absolute atomic E-state index is 13.0. The van der Waals surface area contributed by atoms with Crippen molar-refractivity contribution in [1.82, 2.24) is 5.32 Å². The van der Waals surface area contributed by atoms with Crippen LogP contribution in [0.15, 0.2) is 42.5 Å². The molecule has 1 fully saturated rings. The van der Waals surface area contributed by atoms with Crippen LogP contribution in [0, 0.1) is 18.8 Å². The number of hydrogen-bond donors (Lipinski definition) is 2. The van der Waals surface area contributed by atoms with Crippen LogP contribution in [0.3, 0.4) is 0 Å². The van der Waals surface area contributed by atoms with E-state index in [1.54, 1.807) is 6.07 Å². The van der Waals surface area contributed by atoms with Gasteiger partial charge in [-0.05, 0) is 61.9 Å². The fraction of sp³-hybridized carbons (Fsp3) is 0.440. The molecular formula is C25H33N3O2. The van der Waals surface area contributed by atoms with Gasteiger partial charge in [-0.3, -0.25) is 9.59 Å². The Hall–Kier alpha value is -2.82. The Balaban J connectivity index is 1.84. The summed E-state index contributed by atoms with van der Waals surface area (Å²) in [6.07, 6.45) is 2.25. The van der Waals surface area contributed by atoms with E-state index in [1.807, 2.05) is 43.3 Å². The number of aryl methyl sites for hydroxylation is 1. The second kappa shape index (κ2) is 9.79. The minimum atomic E-state index is -0.178.